The minimum Gasteiger partial charge on any atom is -0.440 e. The molecule has 6 heteroatoms. The highest BCUT2D eigenvalue weighted by Crippen LogP contribution is 2.43. The molecule has 5 rings (SSSR count). The third-order valence-corrected chi connectivity index (χ3v) is 5.90. The zero-order valence-electron chi connectivity index (χ0n) is 18.1. The molecule has 1 atom stereocenters. The van der Waals surface area contributed by atoms with Crippen molar-refractivity contribution in [1.29, 1.82) is 5.26 Å². The number of rotatable bonds is 4. The molecule has 162 valence electrons. The van der Waals surface area contributed by atoms with Gasteiger partial charge < -0.3 is 10.5 Å². The third kappa shape index (κ3) is 4.27. The first-order chi connectivity index (χ1) is 16.2. The zero-order chi connectivity index (χ0) is 22.6. The monoisotopic (exact) mass is 433 g/mol. The van der Waals surface area contributed by atoms with Crippen molar-refractivity contribution in [2.75, 3.05) is 13.1 Å². The summed E-state index contributed by atoms with van der Waals surface area (Å²) in [7, 11) is 0. The van der Waals surface area contributed by atoms with Gasteiger partial charge >= 0.3 is 0 Å². The molecular formula is C27H23N5O. The number of benzene rings is 1. The van der Waals surface area contributed by atoms with E-state index in [1.807, 2.05) is 36.5 Å². The number of nitrogens with two attached hydrogens (primary N) is 1. The molecule has 3 aromatic rings. The van der Waals surface area contributed by atoms with Gasteiger partial charge in [-0.05, 0) is 40.5 Å². The van der Waals surface area contributed by atoms with E-state index >= 15 is 0 Å². The van der Waals surface area contributed by atoms with Crippen LogP contribution in [0, 0.1) is 11.3 Å². The smallest absolute Gasteiger partial charge is 0.205 e. The molecule has 0 spiro atoms. The highest BCUT2D eigenvalue weighted by atomic mass is 16.5. The fourth-order valence-corrected chi connectivity index (χ4v) is 4.48. The van der Waals surface area contributed by atoms with Crippen molar-refractivity contribution in [1.82, 2.24) is 14.9 Å². The van der Waals surface area contributed by atoms with Crippen LogP contribution >= 0.6 is 0 Å². The molecule has 0 aliphatic carbocycles. The van der Waals surface area contributed by atoms with E-state index in [9.17, 15) is 5.26 Å². The Morgan fingerprint density at radius 3 is 2.52 bits per heavy atom. The summed E-state index contributed by atoms with van der Waals surface area (Å²) in [5.74, 6) is 0.593. The van der Waals surface area contributed by atoms with Crippen LogP contribution in [-0.2, 0) is 11.3 Å². The van der Waals surface area contributed by atoms with Crippen molar-refractivity contribution in [2.24, 2.45) is 5.73 Å². The van der Waals surface area contributed by atoms with Crippen LogP contribution in [0.2, 0.25) is 0 Å². The Hall–Kier alpha value is -4.21. The molecule has 0 bridgehead atoms. The van der Waals surface area contributed by atoms with Gasteiger partial charge in [0, 0.05) is 50.0 Å². The number of aromatic nitrogens is 2. The van der Waals surface area contributed by atoms with Gasteiger partial charge in [0.15, 0.2) is 0 Å². The Morgan fingerprint density at radius 1 is 1.03 bits per heavy atom. The SMILES string of the molecule is N#CC1=C(N)OC2=C(CN(Cc3ccccc3)CC2=Cc2cccnc2)C1c1cccnc1. The number of ether oxygens (including phenoxy) is 1. The summed E-state index contributed by atoms with van der Waals surface area (Å²) in [4.78, 5) is 10.9. The maximum atomic E-state index is 9.94. The molecule has 0 fully saturated rings. The van der Waals surface area contributed by atoms with Gasteiger partial charge in [-0.3, -0.25) is 14.9 Å². The number of pyridine rings is 2. The van der Waals surface area contributed by atoms with Crippen LogP contribution in [0.1, 0.15) is 22.6 Å². The van der Waals surface area contributed by atoms with Crippen molar-refractivity contribution in [3.05, 3.63) is 124 Å². The van der Waals surface area contributed by atoms with Crippen molar-refractivity contribution in [3.63, 3.8) is 0 Å². The topological polar surface area (TPSA) is 88.1 Å². The van der Waals surface area contributed by atoms with E-state index in [1.165, 1.54) is 5.56 Å². The van der Waals surface area contributed by atoms with Gasteiger partial charge in [-0.15, -0.1) is 0 Å². The maximum Gasteiger partial charge on any atom is 0.205 e. The second kappa shape index (κ2) is 9.11. The van der Waals surface area contributed by atoms with Gasteiger partial charge in [0.25, 0.3) is 0 Å². The predicted octanol–water partition coefficient (Wildman–Crippen LogP) is 4.14. The Labute approximate surface area is 193 Å². The van der Waals surface area contributed by atoms with Crippen molar-refractivity contribution in [2.45, 2.75) is 12.5 Å². The molecule has 2 aliphatic rings. The standard InChI is InChI=1S/C27H23N5O/c28-13-23-25(21-9-5-11-31-15-21)24-18-32(16-19-6-2-1-3-7-19)17-22(26(24)33-27(23)29)12-20-8-4-10-30-14-20/h1-12,14-15,25H,16-18,29H2. The minimum absolute atomic E-state index is 0.152. The van der Waals surface area contributed by atoms with Crippen LogP contribution < -0.4 is 5.73 Å². The molecule has 1 unspecified atom stereocenters. The summed E-state index contributed by atoms with van der Waals surface area (Å²) >= 11 is 0. The van der Waals surface area contributed by atoms with Gasteiger partial charge in [-0.2, -0.15) is 5.26 Å². The van der Waals surface area contributed by atoms with E-state index in [1.54, 1.807) is 18.6 Å². The van der Waals surface area contributed by atoms with Gasteiger partial charge in [0.05, 0.1) is 5.92 Å². The average Bonchev–Trinajstić information content (AvgIpc) is 2.85. The lowest BCUT2D eigenvalue weighted by Crippen LogP contribution is -2.37. The van der Waals surface area contributed by atoms with Crippen LogP contribution in [0.3, 0.4) is 0 Å². The third-order valence-electron chi connectivity index (χ3n) is 5.90. The lowest BCUT2D eigenvalue weighted by Gasteiger charge is -2.38. The molecule has 2 N–H and O–H groups in total. The first kappa shape index (κ1) is 20.7. The summed E-state index contributed by atoms with van der Waals surface area (Å²) in [6.07, 6.45) is 9.19. The zero-order valence-corrected chi connectivity index (χ0v) is 18.1. The normalized spacial score (nSPS) is 19.7. The van der Waals surface area contributed by atoms with Gasteiger partial charge in [-0.1, -0.05) is 42.5 Å². The van der Waals surface area contributed by atoms with E-state index in [2.05, 4.69) is 51.3 Å². The molecule has 0 amide bonds. The van der Waals surface area contributed by atoms with Gasteiger partial charge in [0.2, 0.25) is 5.88 Å². The molecule has 6 nitrogen and oxygen atoms in total. The number of hydrogen-bond donors (Lipinski definition) is 1. The molecule has 1 aromatic carbocycles. The van der Waals surface area contributed by atoms with E-state index < -0.39 is 0 Å². The van der Waals surface area contributed by atoms with Crippen molar-refractivity contribution < 1.29 is 4.74 Å². The highest BCUT2D eigenvalue weighted by molar-refractivity contribution is 5.62. The Balaban J connectivity index is 1.62. The first-order valence-electron chi connectivity index (χ1n) is 10.8. The number of nitriles is 1. The molecule has 0 saturated carbocycles. The quantitative estimate of drug-likeness (QED) is 0.665. The fourth-order valence-electron chi connectivity index (χ4n) is 4.48. The number of nitrogens with zero attached hydrogens (tertiary/aromatic N) is 4. The largest absolute Gasteiger partial charge is 0.440 e. The summed E-state index contributed by atoms with van der Waals surface area (Å²) in [5, 5.41) is 9.94. The van der Waals surface area contributed by atoms with Crippen LogP contribution in [0.15, 0.2) is 108 Å². The Morgan fingerprint density at radius 2 is 1.82 bits per heavy atom. The lowest BCUT2D eigenvalue weighted by molar-refractivity contribution is 0.230. The summed E-state index contributed by atoms with van der Waals surface area (Å²) in [6.45, 7) is 2.13. The van der Waals surface area contributed by atoms with Crippen LogP contribution in [-0.4, -0.2) is 28.0 Å². The minimum atomic E-state index is -0.302. The predicted molar refractivity (Wildman–Crippen MR) is 126 cm³/mol. The summed E-state index contributed by atoms with van der Waals surface area (Å²) in [5.41, 5.74) is 11.9. The Kier molecular flexibility index (Phi) is 5.71. The van der Waals surface area contributed by atoms with E-state index in [4.69, 9.17) is 10.5 Å². The summed E-state index contributed by atoms with van der Waals surface area (Å²) < 4.78 is 6.11. The number of hydrogen-bond acceptors (Lipinski definition) is 6. The van der Waals surface area contributed by atoms with Crippen LogP contribution in [0.4, 0.5) is 0 Å². The Bertz CT molecular complexity index is 1270. The van der Waals surface area contributed by atoms with Crippen molar-refractivity contribution >= 4 is 6.08 Å². The molecular weight excluding hydrogens is 410 g/mol. The number of allylic oxidation sites excluding steroid dienone is 1. The second-order valence-electron chi connectivity index (χ2n) is 8.15. The first-order valence-corrected chi connectivity index (χ1v) is 10.8. The van der Waals surface area contributed by atoms with Gasteiger partial charge in [-0.25, -0.2) is 0 Å². The molecule has 0 saturated heterocycles. The molecule has 2 aliphatic heterocycles. The molecule has 4 heterocycles. The van der Waals surface area contributed by atoms with Gasteiger partial charge in [0.1, 0.15) is 17.4 Å². The maximum absolute atomic E-state index is 9.94. The second-order valence-corrected chi connectivity index (χ2v) is 8.15. The van der Waals surface area contributed by atoms with E-state index in [0.29, 0.717) is 18.7 Å². The average molecular weight is 434 g/mol. The van der Waals surface area contributed by atoms with E-state index in [0.717, 1.165) is 34.6 Å². The fraction of sp³-hybridized carbons (Fsp3) is 0.148. The molecule has 2 aromatic heterocycles. The van der Waals surface area contributed by atoms with E-state index in [-0.39, 0.29) is 11.8 Å². The van der Waals surface area contributed by atoms with Crippen LogP contribution in [0.5, 0.6) is 0 Å². The lowest BCUT2D eigenvalue weighted by atomic mass is 9.80. The highest BCUT2D eigenvalue weighted by Gasteiger charge is 2.37. The molecule has 33 heavy (non-hydrogen) atoms. The van der Waals surface area contributed by atoms with Crippen molar-refractivity contribution in [3.8, 4) is 6.07 Å². The summed E-state index contributed by atoms with van der Waals surface area (Å²) in [6, 6.07) is 20.5. The van der Waals surface area contributed by atoms with Crippen LogP contribution in [0.25, 0.3) is 6.08 Å². The molecule has 0 radical (unpaired) electrons.